The fourth-order valence-electron chi connectivity index (χ4n) is 1.04. The maximum atomic E-state index is 5.67. The molecular weight excluding hydrogens is 257 g/mol. The third-order valence-corrected chi connectivity index (χ3v) is 2.50. The predicted molar refractivity (Wildman–Crippen MR) is 51.5 cm³/mol. The quantitative estimate of drug-likeness (QED) is 0.778. The van der Waals surface area contributed by atoms with Crippen LogP contribution in [0.15, 0.2) is 32.2 Å². The number of halogens is 2. The third kappa shape index (κ3) is 1.51. The van der Waals surface area contributed by atoms with E-state index in [2.05, 4.69) is 20.9 Å². The van der Waals surface area contributed by atoms with Crippen LogP contribution in [0.4, 0.5) is 0 Å². The minimum atomic E-state index is 0.323. The van der Waals surface area contributed by atoms with Crippen LogP contribution in [0.2, 0.25) is 0 Å². The Hall–Kier alpha value is -0.740. The van der Waals surface area contributed by atoms with Gasteiger partial charge in [-0.05, 0) is 22.0 Å². The normalized spacial score (nSPS) is 10.6. The predicted octanol–water partition coefficient (Wildman–Crippen LogP) is 3.44. The van der Waals surface area contributed by atoms with Crippen LogP contribution >= 0.6 is 27.5 Å². The molecule has 0 bridgehead atoms. The molecule has 2 aromatic heterocycles. The van der Waals surface area contributed by atoms with Crippen LogP contribution < -0.4 is 0 Å². The van der Waals surface area contributed by atoms with Crippen LogP contribution in [-0.4, -0.2) is 4.98 Å². The molecule has 0 fully saturated rings. The van der Waals surface area contributed by atoms with E-state index in [9.17, 15) is 0 Å². The number of hydrogen-bond donors (Lipinski definition) is 0. The van der Waals surface area contributed by atoms with Gasteiger partial charge in [0, 0.05) is 0 Å². The fraction of sp³-hybridized carbons (Fsp3) is 0.125. The number of oxazole rings is 1. The summed E-state index contributed by atoms with van der Waals surface area (Å²) >= 11 is 8.93. The van der Waals surface area contributed by atoms with Gasteiger partial charge in [-0.25, -0.2) is 4.98 Å². The second kappa shape index (κ2) is 3.55. The lowest BCUT2D eigenvalue weighted by Crippen LogP contribution is -1.80. The van der Waals surface area contributed by atoms with Gasteiger partial charge in [0.15, 0.2) is 16.8 Å². The molecule has 0 spiro atoms. The van der Waals surface area contributed by atoms with Crippen molar-refractivity contribution in [1.29, 1.82) is 0 Å². The molecule has 3 nitrogen and oxygen atoms in total. The molecule has 0 aromatic carbocycles. The number of furan rings is 1. The molecule has 2 aromatic rings. The van der Waals surface area contributed by atoms with E-state index in [4.69, 9.17) is 20.4 Å². The molecule has 0 aliphatic rings. The standard InChI is InChI=1S/C8H5BrClNO2/c9-8-5(1-2-12-8)7-6(3-10)11-4-13-7/h1-2,4H,3H2. The Kier molecular flexibility index (Phi) is 2.42. The van der Waals surface area contributed by atoms with Gasteiger partial charge in [-0.1, -0.05) is 0 Å². The molecule has 0 N–H and O–H groups in total. The molecule has 0 atom stereocenters. The summed E-state index contributed by atoms with van der Waals surface area (Å²) < 4.78 is 10.9. The van der Waals surface area contributed by atoms with Crippen molar-refractivity contribution in [3.05, 3.63) is 29.1 Å². The van der Waals surface area contributed by atoms with E-state index in [0.717, 1.165) is 5.56 Å². The lowest BCUT2D eigenvalue weighted by atomic mass is 10.2. The van der Waals surface area contributed by atoms with Crippen molar-refractivity contribution in [3.63, 3.8) is 0 Å². The average molecular weight is 262 g/mol. The van der Waals surface area contributed by atoms with Crippen molar-refractivity contribution in [2.24, 2.45) is 0 Å². The van der Waals surface area contributed by atoms with Gasteiger partial charge in [0.25, 0.3) is 0 Å². The minimum absolute atomic E-state index is 0.323. The highest BCUT2D eigenvalue weighted by atomic mass is 79.9. The van der Waals surface area contributed by atoms with E-state index in [0.29, 0.717) is 22.0 Å². The van der Waals surface area contributed by atoms with Gasteiger partial charge in [-0.15, -0.1) is 11.6 Å². The zero-order valence-electron chi connectivity index (χ0n) is 6.46. The SMILES string of the molecule is ClCc1ncoc1-c1ccoc1Br. The van der Waals surface area contributed by atoms with Gasteiger partial charge >= 0.3 is 0 Å². The summed E-state index contributed by atoms with van der Waals surface area (Å²) in [6.45, 7) is 0. The zero-order chi connectivity index (χ0) is 9.26. The van der Waals surface area contributed by atoms with Crippen LogP contribution in [0.25, 0.3) is 11.3 Å². The summed E-state index contributed by atoms with van der Waals surface area (Å²) in [7, 11) is 0. The highest BCUT2D eigenvalue weighted by Gasteiger charge is 2.14. The van der Waals surface area contributed by atoms with E-state index in [1.165, 1.54) is 6.39 Å². The van der Waals surface area contributed by atoms with Crippen molar-refractivity contribution in [3.8, 4) is 11.3 Å². The molecule has 0 aliphatic heterocycles. The topological polar surface area (TPSA) is 39.2 Å². The number of aromatic nitrogens is 1. The molecule has 0 unspecified atom stereocenters. The summed E-state index contributed by atoms with van der Waals surface area (Å²) in [5.41, 5.74) is 1.54. The monoisotopic (exact) mass is 261 g/mol. The van der Waals surface area contributed by atoms with E-state index in [1.807, 2.05) is 0 Å². The Morgan fingerprint density at radius 1 is 1.46 bits per heavy atom. The Bertz CT molecular complexity index is 410. The molecular formula is C8H5BrClNO2. The Morgan fingerprint density at radius 3 is 2.92 bits per heavy atom. The Balaban J connectivity index is 2.52. The molecule has 2 rings (SSSR count). The second-order valence-electron chi connectivity index (χ2n) is 2.37. The van der Waals surface area contributed by atoms with Gasteiger partial charge in [0.1, 0.15) is 5.69 Å². The highest BCUT2D eigenvalue weighted by molar-refractivity contribution is 9.10. The van der Waals surface area contributed by atoms with Crippen molar-refractivity contribution >= 4 is 27.5 Å². The molecule has 5 heteroatoms. The maximum absolute atomic E-state index is 5.67. The highest BCUT2D eigenvalue weighted by Crippen LogP contribution is 2.31. The molecule has 0 radical (unpaired) electrons. The number of hydrogen-bond acceptors (Lipinski definition) is 3. The summed E-state index contributed by atoms with van der Waals surface area (Å²) in [6.07, 6.45) is 2.94. The molecule has 0 amide bonds. The molecule has 0 saturated heterocycles. The van der Waals surface area contributed by atoms with Gasteiger partial charge in [0.2, 0.25) is 0 Å². The van der Waals surface area contributed by atoms with Gasteiger partial charge in [-0.3, -0.25) is 0 Å². The number of rotatable bonds is 2. The number of alkyl halides is 1. The first-order chi connectivity index (χ1) is 6.33. The molecule has 68 valence electrons. The number of nitrogens with zero attached hydrogens (tertiary/aromatic N) is 1. The first-order valence-electron chi connectivity index (χ1n) is 3.54. The van der Waals surface area contributed by atoms with Crippen molar-refractivity contribution in [1.82, 2.24) is 4.98 Å². The lowest BCUT2D eigenvalue weighted by Gasteiger charge is -1.93. The molecule has 0 saturated carbocycles. The Morgan fingerprint density at radius 2 is 2.31 bits per heavy atom. The Labute approximate surface area is 87.8 Å². The first-order valence-corrected chi connectivity index (χ1v) is 4.87. The molecule has 2 heterocycles. The van der Waals surface area contributed by atoms with Gasteiger partial charge in [0.05, 0.1) is 17.7 Å². The average Bonchev–Trinajstić information content (AvgIpc) is 2.71. The summed E-state index contributed by atoms with van der Waals surface area (Å²) in [5, 5.41) is 0. The largest absolute Gasteiger partial charge is 0.457 e. The van der Waals surface area contributed by atoms with Crippen LogP contribution in [0.5, 0.6) is 0 Å². The van der Waals surface area contributed by atoms with Gasteiger partial charge in [-0.2, -0.15) is 0 Å². The summed E-state index contributed by atoms with van der Waals surface area (Å²) in [5.74, 6) is 0.972. The second-order valence-corrected chi connectivity index (χ2v) is 3.36. The van der Waals surface area contributed by atoms with E-state index in [-0.39, 0.29) is 0 Å². The fourth-order valence-corrected chi connectivity index (χ4v) is 1.65. The van der Waals surface area contributed by atoms with E-state index < -0.39 is 0 Å². The van der Waals surface area contributed by atoms with Crippen LogP contribution in [0, 0.1) is 0 Å². The summed E-state index contributed by atoms with van der Waals surface area (Å²) in [6, 6.07) is 1.79. The van der Waals surface area contributed by atoms with Crippen molar-refractivity contribution in [2.75, 3.05) is 0 Å². The lowest BCUT2D eigenvalue weighted by molar-refractivity contribution is 0.536. The van der Waals surface area contributed by atoms with Gasteiger partial charge < -0.3 is 8.83 Å². The van der Waals surface area contributed by atoms with Crippen LogP contribution in [0.1, 0.15) is 5.69 Å². The molecule has 0 aliphatic carbocycles. The van der Waals surface area contributed by atoms with Crippen molar-refractivity contribution in [2.45, 2.75) is 5.88 Å². The maximum Gasteiger partial charge on any atom is 0.181 e. The molecule has 13 heavy (non-hydrogen) atoms. The van der Waals surface area contributed by atoms with E-state index in [1.54, 1.807) is 12.3 Å². The van der Waals surface area contributed by atoms with Crippen LogP contribution in [-0.2, 0) is 5.88 Å². The van der Waals surface area contributed by atoms with Crippen LogP contribution in [0.3, 0.4) is 0 Å². The third-order valence-electron chi connectivity index (χ3n) is 1.63. The zero-order valence-corrected chi connectivity index (χ0v) is 8.80. The van der Waals surface area contributed by atoms with Crippen molar-refractivity contribution < 1.29 is 8.83 Å². The summed E-state index contributed by atoms with van der Waals surface area (Å²) in [4.78, 5) is 3.97. The van der Waals surface area contributed by atoms with E-state index >= 15 is 0 Å². The smallest absolute Gasteiger partial charge is 0.181 e. The minimum Gasteiger partial charge on any atom is -0.457 e. The first kappa shape index (κ1) is 8.84.